The van der Waals surface area contributed by atoms with Crippen LogP contribution in [0.25, 0.3) is 0 Å². The van der Waals surface area contributed by atoms with E-state index in [1.807, 2.05) is 35.2 Å². The summed E-state index contributed by atoms with van der Waals surface area (Å²) in [6, 6.07) is 10.1. The Kier molecular flexibility index (Phi) is 6.53. The number of hydrogen-bond acceptors (Lipinski definition) is 3. The van der Waals surface area contributed by atoms with Crippen molar-refractivity contribution in [3.05, 3.63) is 58.7 Å². The maximum atomic E-state index is 13.5. The van der Waals surface area contributed by atoms with E-state index in [1.54, 1.807) is 11.1 Å². The zero-order valence-corrected chi connectivity index (χ0v) is 25.3. The van der Waals surface area contributed by atoms with Gasteiger partial charge in [-0.15, -0.1) is 0 Å². The lowest BCUT2D eigenvalue weighted by Gasteiger charge is -2.49. The van der Waals surface area contributed by atoms with Crippen LogP contribution in [0.5, 0.6) is 0 Å². The first-order valence-electron chi connectivity index (χ1n) is 16.3. The summed E-state index contributed by atoms with van der Waals surface area (Å²) >= 11 is 0. The fourth-order valence-electron chi connectivity index (χ4n) is 10.5. The molecule has 4 nitrogen and oxygen atoms in total. The van der Waals surface area contributed by atoms with E-state index in [-0.39, 0.29) is 29.8 Å². The molecule has 0 aromatic heterocycles. The van der Waals surface area contributed by atoms with E-state index in [1.165, 1.54) is 44.1 Å². The monoisotopic (exact) mass is 543 g/mol. The van der Waals surface area contributed by atoms with Crippen LogP contribution in [0.1, 0.15) is 91.5 Å². The van der Waals surface area contributed by atoms with E-state index in [0.717, 1.165) is 42.7 Å². The Balaban J connectivity index is 1.15. The highest BCUT2D eigenvalue weighted by Gasteiger charge is 2.62. The molecule has 10 atom stereocenters. The molecule has 2 saturated heterocycles. The third-order valence-electron chi connectivity index (χ3n) is 12.7. The van der Waals surface area contributed by atoms with Crippen LogP contribution in [-0.2, 0) is 16.1 Å². The van der Waals surface area contributed by atoms with Crippen LogP contribution in [-0.4, -0.2) is 35.3 Å². The lowest BCUT2D eigenvalue weighted by Crippen LogP contribution is -2.54. The zero-order valence-electron chi connectivity index (χ0n) is 25.3. The quantitative estimate of drug-likeness (QED) is 0.352. The molecule has 1 aromatic rings. The maximum Gasteiger partial charge on any atom is 0.410 e. The van der Waals surface area contributed by atoms with Crippen LogP contribution < -0.4 is 0 Å². The van der Waals surface area contributed by atoms with E-state index >= 15 is 0 Å². The number of likely N-dealkylation sites (tertiary alicyclic amines) is 1. The van der Waals surface area contributed by atoms with Gasteiger partial charge in [0.25, 0.3) is 0 Å². The van der Waals surface area contributed by atoms with Gasteiger partial charge in [-0.05, 0) is 104 Å². The van der Waals surface area contributed by atoms with Crippen molar-refractivity contribution < 1.29 is 14.3 Å². The second-order valence-electron chi connectivity index (χ2n) is 14.9. The lowest BCUT2D eigenvalue weighted by molar-refractivity contribution is -0.0638. The molecular formula is C36H49NO3. The molecule has 4 aliphatic carbocycles. The third-order valence-corrected chi connectivity index (χ3v) is 12.7. The van der Waals surface area contributed by atoms with Crippen molar-refractivity contribution in [1.29, 1.82) is 0 Å². The van der Waals surface area contributed by atoms with Gasteiger partial charge in [-0.3, -0.25) is 0 Å². The van der Waals surface area contributed by atoms with Crippen LogP contribution in [0.3, 0.4) is 0 Å². The van der Waals surface area contributed by atoms with Gasteiger partial charge in [0.15, 0.2) is 0 Å². The first-order chi connectivity index (χ1) is 19.2. The fourth-order valence-corrected chi connectivity index (χ4v) is 10.5. The van der Waals surface area contributed by atoms with Crippen LogP contribution >= 0.6 is 0 Å². The molecule has 4 heteroatoms. The molecule has 4 fully saturated rings. The molecule has 0 N–H and O–H groups in total. The molecule has 0 radical (unpaired) electrons. The summed E-state index contributed by atoms with van der Waals surface area (Å²) in [5.74, 6) is 3.81. The summed E-state index contributed by atoms with van der Waals surface area (Å²) in [5.41, 5.74) is 6.21. The number of amides is 1. The first-order valence-corrected chi connectivity index (χ1v) is 16.3. The highest BCUT2D eigenvalue weighted by atomic mass is 16.6. The molecular weight excluding hydrogens is 494 g/mol. The second kappa shape index (κ2) is 9.75. The highest BCUT2D eigenvalue weighted by Crippen LogP contribution is 2.65. The van der Waals surface area contributed by atoms with Gasteiger partial charge in [0.2, 0.25) is 0 Å². The molecule has 0 unspecified atom stereocenters. The summed E-state index contributed by atoms with van der Waals surface area (Å²) in [7, 11) is 0. The fraction of sp³-hybridized carbons (Fsp3) is 0.694. The highest BCUT2D eigenvalue weighted by molar-refractivity contribution is 5.68. The van der Waals surface area contributed by atoms with Gasteiger partial charge < -0.3 is 14.4 Å². The van der Waals surface area contributed by atoms with Crippen molar-refractivity contribution in [2.24, 2.45) is 40.9 Å². The summed E-state index contributed by atoms with van der Waals surface area (Å²) in [4.78, 5) is 15.6. The zero-order chi connectivity index (χ0) is 27.8. The van der Waals surface area contributed by atoms with Gasteiger partial charge in [0.1, 0.15) is 6.61 Å². The summed E-state index contributed by atoms with van der Waals surface area (Å²) < 4.78 is 13.1. The summed E-state index contributed by atoms with van der Waals surface area (Å²) in [6.45, 7) is 13.2. The van der Waals surface area contributed by atoms with Crippen molar-refractivity contribution >= 4 is 6.09 Å². The van der Waals surface area contributed by atoms with E-state index < -0.39 is 0 Å². The topological polar surface area (TPSA) is 38.8 Å². The van der Waals surface area contributed by atoms with Gasteiger partial charge in [-0.25, -0.2) is 4.79 Å². The summed E-state index contributed by atoms with van der Waals surface area (Å²) in [5, 5.41) is 0. The minimum absolute atomic E-state index is 0.0841. The van der Waals surface area contributed by atoms with Gasteiger partial charge in [0, 0.05) is 12.5 Å². The van der Waals surface area contributed by atoms with Crippen molar-refractivity contribution in [2.75, 3.05) is 6.54 Å². The standard InChI is InChI=1S/C36H49NO3/c1-22-13-15-35(5)27(17-22)11-12-29-28-14-16-36(24(3)30(28)19-31(29)35)25(4)33-32(40-36)18-23(2)20-37(33)34(38)39-21-26-9-7-6-8-10-26/h6-11,22-23,25,28-29,31-33H,12-21H2,1-5H3/t22-,23-,25+,28-,29-,31-,32+,33-,35-,36-/m0/s1. The lowest BCUT2D eigenvalue weighted by atomic mass is 9.55. The van der Waals surface area contributed by atoms with Gasteiger partial charge in [-0.2, -0.15) is 0 Å². The van der Waals surface area contributed by atoms with Crippen LogP contribution in [0, 0.1) is 40.9 Å². The minimum Gasteiger partial charge on any atom is -0.445 e. The normalized spacial score (nSPS) is 44.0. The van der Waals surface area contributed by atoms with Crippen molar-refractivity contribution in [3.63, 3.8) is 0 Å². The number of fused-ring (bicyclic) bond motifs is 6. The second-order valence-corrected chi connectivity index (χ2v) is 14.9. The number of rotatable bonds is 2. The molecule has 40 heavy (non-hydrogen) atoms. The number of ether oxygens (including phenoxy) is 2. The Labute approximate surface area is 241 Å². The van der Waals surface area contributed by atoms with Gasteiger partial charge >= 0.3 is 6.09 Å². The molecule has 2 saturated carbocycles. The number of allylic oxidation sites excluding steroid dienone is 3. The Morgan fingerprint density at radius 1 is 1.07 bits per heavy atom. The smallest absolute Gasteiger partial charge is 0.410 e. The SMILES string of the molecule is CC1=C2C[C@H]3[C@@H](CC=C4C[C@@H](C)CC[C@@]43C)[C@@H]2CC[C@]12O[C@@H]1C[C@H](C)CN(C(=O)OCc3ccccc3)[C@H]1[C@H]2C. The van der Waals surface area contributed by atoms with Gasteiger partial charge in [0.05, 0.1) is 17.7 Å². The first kappa shape index (κ1) is 26.8. The largest absolute Gasteiger partial charge is 0.445 e. The number of nitrogens with zero attached hydrogens (tertiary/aromatic N) is 1. The van der Waals surface area contributed by atoms with E-state index in [4.69, 9.17) is 9.47 Å². The molecule has 216 valence electrons. The van der Waals surface area contributed by atoms with E-state index in [9.17, 15) is 4.79 Å². The van der Waals surface area contributed by atoms with Crippen LogP contribution in [0.15, 0.2) is 53.1 Å². The number of hydrogen-bond donors (Lipinski definition) is 0. The Morgan fingerprint density at radius 2 is 1.88 bits per heavy atom. The summed E-state index contributed by atoms with van der Waals surface area (Å²) in [6.07, 6.45) is 12.5. The predicted molar refractivity (Wildman–Crippen MR) is 159 cm³/mol. The molecule has 2 heterocycles. The average Bonchev–Trinajstić information content (AvgIpc) is 3.47. The van der Waals surface area contributed by atoms with Gasteiger partial charge in [-0.1, -0.05) is 75.2 Å². The predicted octanol–water partition coefficient (Wildman–Crippen LogP) is 8.33. The number of carbonyl (C=O) groups is 1. The van der Waals surface area contributed by atoms with Crippen molar-refractivity contribution in [1.82, 2.24) is 4.90 Å². The number of piperidine rings is 1. The van der Waals surface area contributed by atoms with Crippen molar-refractivity contribution in [2.45, 2.75) is 110 Å². The average molecular weight is 544 g/mol. The molecule has 0 bridgehead atoms. The number of benzene rings is 1. The molecule has 1 spiro atoms. The Hall–Kier alpha value is -2.07. The van der Waals surface area contributed by atoms with E-state index in [0.29, 0.717) is 23.9 Å². The molecule has 1 aromatic carbocycles. The Bertz CT molecular complexity index is 1220. The maximum absolute atomic E-state index is 13.5. The van der Waals surface area contributed by atoms with E-state index in [2.05, 4.69) is 40.7 Å². The van der Waals surface area contributed by atoms with Crippen LogP contribution in [0.2, 0.25) is 0 Å². The third kappa shape index (κ3) is 3.98. The number of carbonyl (C=O) groups excluding carboxylic acids is 1. The molecule has 2 aliphatic heterocycles. The minimum atomic E-state index is -0.241. The van der Waals surface area contributed by atoms with Crippen LogP contribution in [0.4, 0.5) is 4.79 Å². The Morgan fingerprint density at radius 3 is 2.67 bits per heavy atom. The molecule has 7 rings (SSSR count). The molecule has 6 aliphatic rings. The molecule has 1 amide bonds. The van der Waals surface area contributed by atoms with Crippen molar-refractivity contribution in [3.8, 4) is 0 Å².